The highest BCUT2D eigenvalue weighted by Crippen LogP contribution is 2.56. The number of fused-ring (bicyclic) bond motifs is 15. The third-order valence-corrected chi connectivity index (χ3v) is 20.7. The van der Waals surface area contributed by atoms with E-state index in [1.54, 1.807) is 11.1 Å². The summed E-state index contributed by atoms with van der Waals surface area (Å²) in [4.78, 5) is 0. The van der Waals surface area contributed by atoms with Crippen molar-refractivity contribution in [3.63, 3.8) is 0 Å². The SMILES string of the molecule is CCCCCCCCC1(CCCCCCCC)c2cc(C)ccc2-c2ccc(-c3cc(-c4ccc(-c5ccc(-c6cc(C)cc(-c7ccc8c9ccccc9c9ccccc9c8c7)c6)cc5)cc4)cc(-c4ccc5c6ccccc6c6ccccc6c5c4)c3)cc21. The van der Waals surface area contributed by atoms with Crippen molar-refractivity contribution in [3.05, 3.63) is 277 Å². The molecule has 0 aliphatic heterocycles. The van der Waals surface area contributed by atoms with E-state index in [0.29, 0.717) is 0 Å². The van der Waals surface area contributed by atoms with Gasteiger partial charge in [0, 0.05) is 5.41 Å². The van der Waals surface area contributed by atoms with Crippen LogP contribution in [0.4, 0.5) is 0 Å². The van der Waals surface area contributed by atoms with Gasteiger partial charge < -0.3 is 0 Å². The van der Waals surface area contributed by atoms with E-state index in [1.807, 2.05) is 0 Å². The second-order valence-corrected chi connectivity index (χ2v) is 26.7. The van der Waals surface area contributed by atoms with Crippen LogP contribution in [-0.2, 0) is 5.41 Å². The second-order valence-electron chi connectivity index (χ2n) is 26.7. The van der Waals surface area contributed by atoms with E-state index in [2.05, 4.69) is 282 Å². The van der Waals surface area contributed by atoms with Gasteiger partial charge in [-0.05, 0) is 228 Å². The molecule has 91 heavy (non-hydrogen) atoms. The van der Waals surface area contributed by atoms with Gasteiger partial charge in [-0.15, -0.1) is 0 Å². The molecule has 0 heteroatoms. The molecule has 0 radical (unpaired) electrons. The maximum absolute atomic E-state index is 2.65. The van der Waals surface area contributed by atoms with Crippen molar-refractivity contribution in [3.8, 4) is 77.9 Å². The molecule has 0 amide bonds. The van der Waals surface area contributed by atoms with Gasteiger partial charge in [-0.1, -0.05) is 309 Å². The molecule has 14 aromatic rings. The lowest BCUT2D eigenvalue weighted by molar-refractivity contribution is 0.398. The Bertz CT molecular complexity index is 4950. The van der Waals surface area contributed by atoms with Crippen molar-refractivity contribution in [2.24, 2.45) is 0 Å². The third-order valence-electron chi connectivity index (χ3n) is 20.7. The average molecular weight is 1180 g/mol. The molecule has 1 aliphatic carbocycles. The molecule has 0 N–H and O–H groups in total. The average Bonchev–Trinajstić information content (AvgIpc) is 1.68. The van der Waals surface area contributed by atoms with E-state index < -0.39 is 0 Å². The van der Waals surface area contributed by atoms with Crippen molar-refractivity contribution in [2.75, 3.05) is 0 Å². The Labute approximate surface area is 539 Å². The molecule has 0 atom stereocenters. The molecule has 446 valence electrons. The van der Waals surface area contributed by atoms with Crippen molar-refractivity contribution >= 4 is 64.6 Å². The predicted octanol–water partition coefficient (Wildman–Crippen LogP) is 27.0. The van der Waals surface area contributed by atoms with Crippen LogP contribution in [-0.4, -0.2) is 0 Å². The van der Waals surface area contributed by atoms with Crippen molar-refractivity contribution < 1.29 is 0 Å². The molecule has 1 aliphatic rings. The van der Waals surface area contributed by atoms with Gasteiger partial charge in [0.05, 0.1) is 0 Å². The molecule has 0 nitrogen and oxygen atoms in total. The number of hydrogen-bond donors (Lipinski definition) is 0. The van der Waals surface area contributed by atoms with Gasteiger partial charge in [-0.2, -0.15) is 0 Å². The third kappa shape index (κ3) is 11.0. The van der Waals surface area contributed by atoms with Crippen LogP contribution in [0.1, 0.15) is 126 Å². The zero-order valence-corrected chi connectivity index (χ0v) is 53.6. The number of rotatable bonds is 20. The Hall–Kier alpha value is -9.36. The summed E-state index contributed by atoms with van der Waals surface area (Å²) in [5.41, 5.74) is 23.5. The molecule has 0 unspecified atom stereocenters. The number of hydrogen-bond acceptors (Lipinski definition) is 0. The summed E-state index contributed by atoms with van der Waals surface area (Å²) in [6.07, 6.45) is 18.1. The summed E-state index contributed by atoms with van der Waals surface area (Å²) in [7, 11) is 0. The Balaban J connectivity index is 0.794. The van der Waals surface area contributed by atoms with Crippen LogP contribution >= 0.6 is 0 Å². The van der Waals surface area contributed by atoms with E-state index in [4.69, 9.17) is 0 Å². The van der Waals surface area contributed by atoms with E-state index >= 15 is 0 Å². The summed E-state index contributed by atoms with van der Waals surface area (Å²) in [6.45, 7) is 9.19. The van der Waals surface area contributed by atoms with Crippen LogP contribution < -0.4 is 0 Å². The molecule has 0 saturated heterocycles. The molecule has 14 aromatic carbocycles. The first-order valence-electron chi connectivity index (χ1n) is 34.2. The van der Waals surface area contributed by atoms with Crippen LogP contribution in [0.15, 0.2) is 255 Å². The predicted molar refractivity (Wildman–Crippen MR) is 396 cm³/mol. The zero-order valence-electron chi connectivity index (χ0n) is 53.6. The van der Waals surface area contributed by atoms with E-state index in [-0.39, 0.29) is 5.41 Å². The van der Waals surface area contributed by atoms with Gasteiger partial charge in [0.2, 0.25) is 0 Å². The first-order valence-corrected chi connectivity index (χ1v) is 34.2. The first kappa shape index (κ1) is 58.0. The Morgan fingerprint density at radius 2 is 0.495 bits per heavy atom. The van der Waals surface area contributed by atoms with Gasteiger partial charge in [0.15, 0.2) is 0 Å². The first-order chi connectivity index (χ1) is 44.8. The van der Waals surface area contributed by atoms with Gasteiger partial charge >= 0.3 is 0 Å². The molecule has 0 aromatic heterocycles. The Morgan fingerprint density at radius 1 is 0.209 bits per heavy atom. The molecule has 0 spiro atoms. The lowest BCUT2D eigenvalue weighted by atomic mass is 9.70. The number of aryl methyl sites for hydroxylation is 2. The Kier molecular flexibility index (Phi) is 16.0. The van der Waals surface area contributed by atoms with Crippen molar-refractivity contribution in [2.45, 2.75) is 123 Å². The summed E-state index contributed by atoms with van der Waals surface area (Å²) in [5.74, 6) is 0. The van der Waals surface area contributed by atoms with Crippen molar-refractivity contribution in [1.29, 1.82) is 0 Å². The quantitative estimate of drug-likeness (QED) is 0.0527. The maximum Gasteiger partial charge on any atom is 0.0215 e. The standard InChI is InChI=1S/C91H82/c1-5-7-9-11-13-23-49-91(50-24-14-12-10-8-6-2)89-53-61(3)33-45-85(89)86-48-44-69(60-90(86)91)74-56-72(55-73(57-74)68-43-47-84-80-30-18-16-26-76(80)78-28-20-22-32-82(78)88(84)59-68)66-40-36-64(37-41-66)63-34-38-65(39-35-63)70-51-62(4)52-71(54-70)67-42-46-83-79-29-17-15-25-75(79)77-27-19-21-31-81(77)87(83)58-67/h15-22,25-48,51-60H,5-14,23-24,49-50H2,1-4H3. The molecule has 0 fully saturated rings. The fourth-order valence-corrected chi connectivity index (χ4v) is 16.0. The largest absolute Gasteiger partial charge is 0.0654 e. The van der Waals surface area contributed by atoms with Crippen LogP contribution in [0.3, 0.4) is 0 Å². The summed E-state index contributed by atoms with van der Waals surface area (Å²) in [6, 6.07) is 97.9. The molecular weight excluding hydrogens is 1090 g/mol. The molecule has 15 rings (SSSR count). The van der Waals surface area contributed by atoms with Crippen LogP contribution in [0.5, 0.6) is 0 Å². The van der Waals surface area contributed by atoms with E-state index in [9.17, 15) is 0 Å². The van der Waals surface area contributed by atoms with Crippen LogP contribution in [0.25, 0.3) is 143 Å². The summed E-state index contributed by atoms with van der Waals surface area (Å²) in [5, 5.41) is 15.6. The summed E-state index contributed by atoms with van der Waals surface area (Å²) >= 11 is 0. The minimum atomic E-state index is -0.00778. The molecule has 0 saturated carbocycles. The van der Waals surface area contributed by atoms with Gasteiger partial charge in [-0.3, -0.25) is 0 Å². The van der Waals surface area contributed by atoms with E-state index in [0.717, 1.165) is 0 Å². The highest BCUT2D eigenvalue weighted by Gasteiger charge is 2.42. The van der Waals surface area contributed by atoms with Crippen LogP contribution in [0, 0.1) is 13.8 Å². The van der Waals surface area contributed by atoms with Gasteiger partial charge in [0.25, 0.3) is 0 Å². The zero-order chi connectivity index (χ0) is 61.4. The fourth-order valence-electron chi connectivity index (χ4n) is 16.0. The lowest BCUT2D eigenvalue weighted by Gasteiger charge is -2.33. The van der Waals surface area contributed by atoms with E-state index in [1.165, 1.54) is 244 Å². The normalized spacial score (nSPS) is 12.7. The monoisotopic (exact) mass is 1170 g/mol. The minimum absolute atomic E-state index is 0.00778. The second kappa shape index (κ2) is 25.1. The minimum Gasteiger partial charge on any atom is -0.0654 e. The lowest BCUT2D eigenvalue weighted by Crippen LogP contribution is -2.25. The smallest absolute Gasteiger partial charge is 0.0215 e. The molecule has 0 bridgehead atoms. The highest BCUT2D eigenvalue weighted by atomic mass is 14.5. The maximum atomic E-state index is 2.65. The fraction of sp³-hybridized carbons (Fsp3) is 0.209. The number of benzene rings is 14. The van der Waals surface area contributed by atoms with Gasteiger partial charge in [-0.25, -0.2) is 0 Å². The van der Waals surface area contributed by atoms with Gasteiger partial charge in [0.1, 0.15) is 0 Å². The molecule has 0 heterocycles. The molecular formula is C91H82. The topological polar surface area (TPSA) is 0 Å². The van der Waals surface area contributed by atoms with Crippen molar-refractivity contribution in [1.82, 2.24) is 0 Å². The summed E-state index contributed by atoms with van der Waals surface area (Å²) < 4.78 is 0. The number of unbranched alkanes of at least 4 members (excludes halogenated alkanes) is 10. The van der Waals surface area contributed by atoms with Crippen LogP contribution in [0.2, 0.25) is 0 Å². The highest BCUT2D eigenvalue weighted by molar-refractivity contribution is 6.27. The Morgan fingerprint density at radius 3 is 0.912 bits per heavy atom.